The molecule has 2 heterocycles. The minimum Gasteiger partial charge on any atom is -0.662 e. The van der Waals surface area contributed by atoms with Gasteiger partial charge in [0.25, 0.3) is 0 Å². The first-order valence-corrected chi connectivity index (χ1v) is 8.93. The summed E-state index contributed by atoms with van der Waals surface area (Å²) in [6.45, 7) is 0. The number of para-hydroxylation sites is 1. The molecular weight excluding hydrogens is 541 g/mol. The van der Waals surface area contributed by atoms with Gasteiger partial charge in [0.2, 0.25) is 0 Å². The Morgan fingerprint density at radius 2 is 1.21 bits per heavy atom. The van der Waals surface area contributed by atoms with Crippen LogP contribution in [0.3, 0.4) is 0 Å². The molecule has 0 saturated heterocycles. The van der Waals surface area contributed by atoms with Gasteiger partial charge < -0.3 is 10.4 Å². The number of rotatable bonds is 2. The minimum atomic E-state index is 0. The molecule has 0 atom stereocenters. The SMILES string of the molecule is O/C=C\[N-]c1ccccc1.[Pt].c1cnc2c(c1)ccc1ccc3cccnc3c12. The quantitative estimate of drug-likeness (QED) is 0.195. The molecule has 2 aromatic heterocycles. The summed E-state index contributed by atoms with van der Waals surface area (Å²) in [5.74, 6) is 0. The van der Waals surface area contributed by atoms with Gasteiger partial charge in [-0.3, -0.25) is 9.97 Å². The number of aliphatic hydroxyl groups excluding tert-OH is 1. The fourth-order valence-corrected chi connectivity index (χ4v) is 3.12. The zero-order chi connectivity index (χ0) is 19.2. The van der Waals surface area contributed by atoms with E-state index in [4.69, 9.17) is 5.11 Å². The number of aliphatic hydroxyl groups is 1. The van der Waals surface area contributed by atoms with Crippen LogP contribution in [0.2, 0.25) is 0 Å². The van der Waals surface area contributed by atoms with Crippen molar-refractivity contribution in [3.05, 3.63) is 109 Å². The van der Waals surface area contributed by atoms with Crippen LogP contribution in [0.4, 0.5) is 5.69 Å². The fourth-order valence-electron chi connectivity index (χ4n) is 3.12. The van der Waals surface area contributed by atoms with Crippen molar-refractivity contribution in [2.45, 2.75) is 0 Å². The molecule has 0 aliphatic heterocycles. The molecule has 0 aliphatic rings. The van der Waals surface area contributed by atoms with Crippen molar-refractivity contribution in [3.63, 3.8) is 0 Å². The summed E-state index contributed by atoms with van der Waals surface area (Å²) in [7, 11) is 0. The molecule has 5 rings (SSSR count). The van der Waals surface area contributed by atoms with Crippen LogP contribution >= 0.6 is 0 Å². The first kappa shape index (κ1) is 20.5. The average Bonchev–Trinajstić information content (AvgIpc) is 2.78. The molecule has 3 aromatic carbocycles. The Morgan fingerprint density at radius 1 is 0.655 bits per heavy atom. The monoisotopic (exact) mass is 559 g/mol. The maximum Gasteiger partial charge on any atom is 0.0802 e. The Bertz CT molecular complexity index is 1190. The largest absolute Gasteiger partial charge is 0.662 e. The maximum atomic E-state index is 8.25. The zero-order valence-electron chi connectivity index (χ0n) is 15.4. The average molecular weight is 560 g/mol. The molecule has 0 fully saturated rings. The van der Waals surface area contributed by atoms with Gasteiger partial charge in [-0.1, -0.05) is 66.7 Å². The zero-order valence-corrected chi connectivity index (χ0v) is 17.7. The Hall–Kier alpha value is -3.23. The summed E-state index contributed by atoms with van der Waals surface area (Å²) >= 11 is 0. The molecule has 4 nitrogen and oxygen atoms in total. The normalized spacial score (nSPS) is 10.5. The molecule has 0 amide bonds. The third-order valence-electron chi connectivity index (χ3n) is 4.37. The standard InChI is InChI=1S/C16H10N2.C8H8NO.Pt/c1-3-12-7-5-11-6-8-13-4-2-10-18-16(13)14(11)15(12)17-9-1;10-7-6-9-8-4-2-1-3-5-8;/h1-10H;1-7,10H;/q;-1;/b;7-6-;. The van der Waals surface area contributed by atoms with Crippen LogP contribution in [-0.2, 0) is 21.1 Å². The van der Waals surface area contributed by atoms with Gasteiger partial charge in [0.15, 0.2) is 0 Å². The van der Waals surface area contributed by atoms with Crippen molar-refractivity contribution in [3.8, 4) is 0 Å². The molecule has 1 N–H and O–H groups in total. The summed E-state index contributed by atoms with van der Waals surface area (Å²) < 4.78 is 0. The van der Waals surface area contributed by atoms with E-state index < -0.39 is 0 Å². The summed E-state index contributed by atoms with van der Waals surface area (Å²) in [6, 6.07) is 26.0. The predicted molar refractivity (Wildman–Crippen MR) is 116 cm³/mol. The predicted octanol–water partition coefficient (Wildman–Crippen LogP) is 6.65. The van der Waals surface area contributed by atoms with Crippen LogP contribution in [0.1, 0.15) is 0 Å². The van der Waals surface area contributed by atoms with Gasteiger partial charge in [0, 0.05) is 49.6 Å². The number of hydrogen-bond acceptors (Lipinski definition) is 3. The number of fused-ring (bicyclic) bond motifs is 5. The molecular formula is C24H18N3OPt-. The first-order chi connectivity index (χ1) is 13.9. The molecule has 0 bridgehead atoms. The van der Waals surface area contributed by atoms with E-state index in [0.717, 1.165) is 39.1 Å². The van der Waals surface area contributed by atoms with Gasteiger partial charge in [-0.25, -0.2) is 0 Å². The Balaban J connectivity index is 0.000000189. The maximum absolute atomic E-state index is 8.25. The van der Waals surface area contributed by atoms with Crippen molar-refractivity contribution in [1.82, 2.24) is 9.97 Å². The van der Waals surface area contributed by atoms with E-state index >= 15 is 0 Å². The van der Waals surface area contributed by atoms with Crippen molar-refractivity contribution in [2.75, 3.05) is 0 Å². The van der Waals surface area contributed by atoms with Crippen molar-refractivity contribution >= 4 is 38.3 Å². The van der Waals surface area contributed by atoms with Crippen LogP contribution < -0.4 is 0 Å². The van der Waals surface area contributed by atoms with Crippen molar-refractivity contribution in [1.29, 1.82) is 0 Å². The molecule has 29 heavy (non-hydrogen) atoms. The number of nitrogens with zero attached hydrogens (tertiary/aromatic N) is 3. The second-order valence-electron chi connectivity index (χ2n) is 6.14. The number of pyridine rings is 2. The second kappa shape index (κ2) is 9.81. The van der Waals surface area contributed by atoms with E-state index in [2.05, 4.69) is 51.7 Å². The van der Waals surface area contributed by atoms with Crippen molar-refractivity contribution in [2.24, 2.45) is 0 Å². The van der Waals surface area contributed by atoms with Gasteiger partial charge in [-0.2, -0.15) is 0 Å². The molecule has 0 saturated carbocycles. The third kappa shape index (κ3) is 4.61. The van der Waals surface area contributed by atoms with Gasteiger partial charge in [0.05, 0.1) is 17.3 Å². The van der Waals surface area contributed by atoms with E-state index in [1.165, 1.54) is 11.6 Å². The fraction of sp³-hybridized carbons (Fsp3) is 0. The first-order valence-electron chi connectivity index (χ1n) is 8.93. The number of hydrogen-bond donors (Lipinski definition) is 1. The Morgan fingerprint density at radius 3 is 1.76 bits per heavy atom. The van der Waals surface area contributed by atoms with Crippen LogP contribution in [-0.4, -0.2) is 15.1 Å². The van der Waals surface area contributed by atoms with Gasteiger partial charge in [-0.05, 0) is 17.5 Å². The van der Waals surface area contributed by atoms with Gasteiger partial charge in [0.1, 0.15) is 0 Å². The van der Waals surface area contributed by atoms with Crippen LogP contribution in [0.15, 0.2) is 104 Å². The minimum absolute atomic E-state index is 0. The summed E-state index contributed by atoms with van der Waals surface area (Å²) in [4.78, 5) is 9.04. The summed E-state index contributed by atoms with van der Waals surface area (Å²) in [6.07, 6.45) is 5.93. The molecule has 0 radical (unpaired) electrons. The van der Waals surface area contributed by atoms with Gasteiger partial charge >= 0.3 is 0 Å². The van der Waals surface area contributed by atoms with E-state index in [1.807, 2.05) is 54.9 Å². The van der Waals surface area contributed by atoms with Crippen LogP contribution in [0.25, 0.3) is 37.9 Å². The van der Waals surface area contributed by atoms with E-state index in [9.17, 15) is 0 Å². The molecule has 0 unspecified atom stereocenters. The molecule has 0 spiro atoms. The van der Waals surface area contributed by atoms with Crippen LogP contribution in [0, 0.1) is 0 Å². The molecule has 146 valence electrons. The van der Waals surface area contributed by atoms with Gasteiger partial charge in [-0.15, -0.1) is 11.9 Å². The van der Waals surface area contributed by atoms with Crippen molar-refractivity contribution < 1.29 is 26.2 Å². The smallest absolute Gasteiger partial charge is 0.0802 e. The molecule has 5 heteroatoms. The van der Waals surface area contributed by atoms with E-state index in [-0.39, 0.29) is 21.1 Å². The topological polar surface area (TPSA) is 60.1 Å². The second-order valence-corrected chi connectivity index (χ2v) is 6.14. The number of aromatic nitrogens is 2. The Kier molecular flexibility index (Phi) is 6.93. The molecule has 5 aromatic rings. The summed E-state index contributed by atoms with van der Waals surface area (Å²) in [5.41, 5.74) is 2.89. The van der Waals surface area contributed by atoms with Crippen LogP contribution in [0.5, 0.6) is 0 Å². The molecule has 0 aliphatic carbocycles. The number of benzene rings is 3. The third-order valence-corrected chi connectivity index (χ3v) is 4.37. The summed E-state index contributed by atoms with van der Waals surface area (Å²) in [5, 5.41) is 16.8. The Labute approximate surface area is 183 Å². The van der Waals surface area contributed by atoms with E-state index in [0.29, 0.717) is 0 Å². The van der Waals surface area contributed by atoms with E-state index in [1.54, 1.807) is 0 Å².